The zero-order chi connectivity index (χ0) is 20.0. The lowest BCUT2D eigenvalue weighted by Crippen LogP contribution is -2.15. The van der Waals surface area contributed by atoms with Gasteiger partial charge >= 0.3 is 5.69 Å². The fourth-order valence-electron chi connectivity index (χ4n) is 2.76. The molecule has 4 aromatic rings. The minimum absolute atomic E-state index is 0.0479. The third kappa shape index (κ3) is 2.97. The topological polar surface area (TPSA) is 107 Å². The number of rotatable bonds is 3. The van der Waals surface area contributed by atoms with Crippen LogP contribution in [-0.2, 0) is 0 Å². The second kappa shape index (κ2) is 6.64. The maximum absolute atomic E-state index is 13.6. The Hall–Kier alpha value is -3.40. The van der Waals surface area contributed by atoms with Crippen molar-refractivity contribution in [2.45, 2.75) is 0 Å². The number of nitrogens with one attached hydrogen (secondary N) is 1. The Kier molecular flexibility index (Phi) is 4.27. The third-order valence-electron chi connectivity index (χ3n) is 4.03. The van der Waals surface area contributed by atoms with Gasteiger partial charge in [0.05, 0.1) is 10.2 Å². The summed E-state index contributed by atoms with van der Waals surface area (Å²) in [6.07, 6.45) is 0. The van der Waals surface area contributed by atoms with Gasteiger partial charge in [0.15, 0.2) is 17.2 Å². The lowest BCUT2D eigenvalue weighted by molar-refractivity contribution is 0.0997. The van der Waals surface area contributed by atoms with Crippen molar-refractivity contribution in [2.24, 2.45) is 5.73 Å². The third-order valence-corrected chi connectivity index (χ3v) is 4.64. The zero-order valence-electron chi connectivity index (χ0n) is 13.9. The molecule has 28 heavy (non-hydrogen) atoms. The minimum atomic E-state index is -0.873. The number of carbonyl (C=O) groups is 1. The van der Waals surface area contributed by atoms with E-state index in [4.69, 9.17) is 5.73 Å². The summed E-state index contributed by atoms with van der Waals surface area (Å²) in [5.41, 5.74) is 5.48. The number of amides is 1. The molecule has 0 saturated carbocycles. The molecule has 0 bridgehead atoms. The van der Waals surface area contributed by atoms with Crippen molar-refractivity contribution < 1.29 is 13.6 Å². The molecule has 0 aliphatic rings. The number of aromatic nitrogens is 4. The quantitative estimate of drug-likeness (QED) is 0.505. The molecule has 10 heteroatoms. The largest absolute Gasteiger partial charge is 0.364 e. The first-order chi connectivity index (χ1) is 13.3. The van der Waals surface area contributed by atoms with Crippen molar-refractivity contribution in [3.8, 4) is 17.1 Å². The summed E-state index contributed by atoms with van der Waals surface area (Å²) in [4.78, 5) is 35.4. The van der Waals surface area contributed by atoms with Crippen LogP contribution >= 0.6 is 15.9 Å². The van der Waals surface area contributed by atoms with Gasteiger partial charge in [0.2, 0.25) is 0 Å². The predicted octanol–water partition coefficient (Wildman–Crippen LogP) is 2.92. The van der Waals surface area contributed by atoms with Crippen LogP contribution in [0.4, 0.5) is 8.78 Å². The fraction of sp³-hybridized carbons (Fsp3) is 0. The number of benzene rings is 2. The fourth-order valence-corrected chi connectivity index (χ4v) is 3.14. The van der Waals surface area contributed by atoms with Crippen molar-refractivity contribution in [3.05, 3.63) is 74.7 Å². The molecule has 140 valence electrons. The van der Waals surface area contributed by atoms with Gasteiger partial charge in [-0.15, -0.1) is 0 Å². The molecule has 0 radical (unpaired) electrons. The van der Waals surface area contributed by atoms with Crippen LogP contribution in [0.5, 0.6) is 0 Å². The monoisotopic (exact) mass is 445 g/mol. The smallest absolute Gasteiger partial charge is 0.332 e. The van der Waals surface area contributed by atoms with E-state index >= 15 is 0 Å². The normalized spacial score (nSPS) is 11.1. The number of H-pyrrole nitrogens is 1. The maximum atomic E-state index is 13.6. The summed E-state index contributed by atoms with van der Waals surface area (Å²) in [6.45, 7) is 0. The molecule has 2 heterocycles. The van der Waals surface area contributed by atoms with E-state index in [1.54, 1.807) is 0 Å². The van der Waals surface area contributed by atoms with Crippen molar-refractivity contribution >= 4 is 33.0 Å². The Morgan fingerprint density at radius 2 is 1.82 bits per heavy atom. The number of carbonyl (C=O) groups excluding carboxylic acids is 1. The number of hydrogen-bond donors (Lipinski definition) is 2. The molecule has 0 aliphatic heterocycles. The highest BCUT2D eigenvalue weighted by atomic mass is 79.9. The Bertz CT molecular complexity index is 1300. The van der Waals surface area contributed by atoms with Gasteiger partial charge in [0.1, 0.15) is 17.2 Å². The number of imidazole rings is 1. The minimum Gasteiger partial charge on any atom is -0.364 e. The van der Waals surface area contributed by atoms with E-state index < -0.39 is 23.2 Å². The highest BCUT2D eigenvalue weighted by molar-refractivity contribution is 9.10. The molecule has 0 aliphatic carbocycles. The number of nitrogens with two attached hydrogens (primary N) is 1. The van der Waals surface area contributed by atoms with Gasteiger partial charge in [0.25, 0.3) is 5.91 Å². The van der Waals surface area contributed by atoms with E-state index in [0.717, 1.165) is 0 Å². The first-order valence-electron chi connectivity index (χ1n) is 7.89. The van der Waals surface area contributed by atoms with Crippen LogP contribution in [0.1, 0.15) is 10.5 Å². The number of aromatic amines is 1. The molecule has 4 rings (SSSR count). The van der Waals surface area contributed by atoms with Crippen molar-refractivity contribution in [2.75, 3.05) is 0 Å². The Labute approximate surface area is 164 Å². The van der Waals surface area contributed by atoms with Gasteiger partial charge in [-0.05, 0) is 58.4 Å². The number of halogens is 3. The summed E-state index contributed by atoms with van der Waals surface area (Å²) in [7, 11) is 0. The first kappa shape index (κ1) is 18.0. The molecule has 2 aromatic carbocycles. The van der Waals surface area contributed by atoms with E-state index in [1.165, 1.54) is 47.0 Å². The molecular formula is C18H10BrF2N5O2. The molecular weight excluding hydrogens is 436 g/mol. The molecule has 1 amide bonds. The van der Waals surface area contributed by atoms with Crippen LogP contribution in [0.15, 0.2) is 51.7 Å². The maximum Gasteiger partial charge on any atom is 0.332 e. The number of nitrogens with zero attached hydrogens (tertiary/aromatic N) is 3. The van der Waals surface area contributed by atoms with E-state index in [0.29, 0.717) is 11.3 Å². The SMILES string of the molecule is NC(=O)c1nc(-c2ccc(F)c(Br)c2)nc2c1[nH]c(=O)n2-c1ccc(F)cc1. The predicted molar refractivity (Wildman–Crippen MR) is 101 cm³/mol. The molecule has 0 unspecified atom stereocenters. The molecule has 0 saturated heterocycles. The molecule has 3 N–H and O–H groups in total. The van der Waals surface area contributed by atoms with Crippen LogP contribution in [0.3, 0.4) is 0 Å². The molecule has 0 spiro atoms. The van der Waals surface area contributed by atoms with Gasteiger partial charge in [-0.1, -0.05) is 0 Å². The summed E-state index contributed by atoms with van der Waals surface area (Å²) in [5.74, 6) is -1.76. The Morgan fingerprint density at radius 1 is 1.11 bits per heavy atom. The summed E-state index contributed by atoms with van der Waals surface area (Å²) in [5, 5.41) is 0. The second-order valence-electron chi connectivity index (χ2n) is 5.83. The number of primary amides is 1. The van der Waals surface area contributed by atoms with E-state index in [2.05, 4.69) is 30.9 Å². The Balaban J connectivity index is 2.04. The highest BCUT2D eigenvalue weighted by Crippen LogP contribution is 2.25. The van der Waals surface area contributed by atoms with Crippen LogP contribution < -0.4 is 11.4 Å². The Morgan fingerprint density at radius 3 is 2.46 bits per heavy atom. The van der Waals surface area contributed by atoms with Crippen molar-refractivity contribution in [1.82, 2.24) is 19.5 Å². The van der Waals surface area contributed by atoms with Crippen LogP contribution in [-0.4, -0.2) is 25.4 Å². The summed E-state index contributed by atoms with van der Waals surface area (Å²) in [6, 6.07) is 9.24. The molecule has 7 nitrogen and oxygen atoms in total. The van der Waals surface area contributed by atoms with Crippen LogP contribution in [0.2, 0.25) is 0 Å². The first-order valence-corrected chi connectivity index (χ1v) is 8.68. The van der Waals surface area contributed by atoms with E-state index in [-0.39, 0.29) is 27.2 Å². The zero-order valence-corrected chi connectivity index (χ0v) is 15.5. The van der Waals surface area contributed by atoms with Crippen LogP contribution in [0, 0.1) is 11.6 Å². The van der Waals surface area contributed by atoms with Crippen LogP contribution in [0.25, 0.3) is 28.2 Å². The highest BCUT2D eigenvalue weighted by Gasteiger charge is 2.20. The average Bonchev–Trinajstić information content (AvgIpc) is 2.99. The lowest BCUT2D eigenvalue weighted by atomic mass is 10.2. The van der Waals surface area contributed by atoms with E-state index in [9.17, 15) is 18.4 Å². The van der Waals surface area contributed by atoms with Crippen molar-refractivity contribution in [1.29, 1.82) is 0 Å². The second-order valence-corrected chi connectivity index (χ2v) is 6.68. The van der Waals surface area contributed by atoms with Gasteiger partial charge < -0.3 is 10.7 Å². The number of fused-ring (bicyclic) bond motifs is 1. The number of hydrogen-bond acceptors (Lipinski definition) is 4. The van der Waals surface area contributed by atoms with Gasteiger partial charge in [-0.25, -0.2) is 28.1 Å². The van der Waals surface area contributed by atoms with E-state index in [1.807, 2.05) is 0 Å². The molecule has 0 fully saturated rings. The summed E-state index contributed by atoms with van der Waals surface area (Å²) >= 11 is 3.08. The summed E-state index contributed by atoms with van der Waals surface area (Å²) < 4.78 is 28.2. The van der Waals surface area contributed by atoms with Gasteiger partial charge in [0, 0.05) is 5.56 Å². The van der Waals surface area contributed by atoms with Gasteiger partial charge in [-0.3, -0.25) is 4.79 Å². The molecule has 0 atom stereocenters. The van der Waals surface area contributed by atoms with Gasteiger partial charge in [-0.2, -0.15) is 0 Å². The van der Waals surface area contributed by atoms with Crippen molar-refractivity contribution in [3.63, 3.8) is 0 Å². The lowest BCUT2D eigenvalue weighted by Gasteiger charge is -2.07. The standard InChI is InChI=1S/C18H10BrF2N5O2/c19-11-7-8(1-6-12(11)21)16-23-13(15(22)27)14-17(25-16)26(18(28)24-14)10-4-2-9(20)3-5-10/h1-7H,(H2,22,27)(H,24,28). The average molecular weight is 446 g/mol. The molecule has 2 aromatic heterocycles.